The Kier molecular flexibility index (Phi) is 4.17. The molecule has 4 heteroatoms. The van der Waals surface area contributed by atoms with E-state index in [9.17, 15) is 4.79 Å². The first-order valence-corrected chi connectivity index (χ1v) is 6.20. The number of carbonyl (C=O) groups excluding carboxylic acids is 1. The summed E-state index contributed by atoms with van der Waals surface area (Å²) in [7, 11) is 3.13. The normalized spacial score (nSPS) is 11.3. The fourth-order valence-corrected chi connectivity index (χ4v) is 2.26. The second-order valence-electron chi connectivity index (χ2n) is 4.34. The monoisotopic (exact) mass is 271 g/mol. The van der Waals surface area contributed by atoms with E-state index in [1.807, 2.05) is 36.4 Å². The van der Waals surface area contributed by atoms with Crippen LogP contribution in [0, 0.1) is 0 Å². The molecule has 0 fully saturated rings. The van der Waals surface area contributed by atoms with Crippen LogP contribution in [0.3, 0.4) is 0 Å². The van der Waals surface area contributed by atoms with Gasteiger partial charge in [-0.05, 0) is 12.1 Å². The Morgan fingerprint density at radius 1 is 0.950 bits per heavy atom. The summed E-state index contributed by atoms with van der Waals surface area (Å²) in [6.45, 7) is 0. The maximum atomic E-state index is 11.3. The van der Waals surface area contributed by atoms with Crippen LogP contribution < -0.4 is 5.73 Å². The maximum Gasteiger partial charge on any atom is 0.248 e. The quantitative estimate of drug-likeness (QED) is 0.849. The lowest BCUT2D eigenvalue weighted by Gasteiger charge is -2.32. The maximum absolute atomic E-state index is 11.3. The van der Waals surface area contributed by atoms with Crippen molar-refractivity contribution >= 4 is 5.91 Å². The number of benzene rings is 2. The van der Waals surface area contributed by atoms with Crippen LogP contribution in [-0.2, 0) is 15.3 Å². The SMILES string of the molecule is COC(OC)(c1ccccc1)c1cccc(C(N)=O)c1. The van der Waals surface area contributed by atoms with Gasteiger partial charge in [-0.2, -0.15) is 0 Å². The average Bonchev–Trinajstić information content (AvgIpc) is 2.50. The first kappa shape index (κ1) is 14.2. The van der Waals surface area contributed by atoms with Crippen molar-refractivity contribution in [2.24, 2.45) is 5.73 Å². The average molecular weight is 271 g/mol. The molecule has 2 N–H and O–H groups in total. The van der Waals surface area contributed by atoms with E-state index >= 15 is 0 Å². The molecule has 0 saturated heterocycles. The van der Waals surface area contributed by atoms with Crippen LogP contribution in [0.1, 0.15) is 21.5 Å². The highest BCUT2D eigenvalue weighted by Crippen LogP contribution is 2.34. The van der Waals surface area contributed by atoms with Gasteiger partial charge in [0.15, 0.2) is 0 Å². The van der Waals surface area contributed by atoms with E-state index in [0.29, 0.717) is 11.1 Å². The van der Waals surface area contributed by atoms with Crippen LogP contribution in [0.15, 0.2) is 54.6 Å². The van der Waals surface area contributed by atoms with E-state index in [0.717, 1.165) is 5.56 Å². The minimum Gasteiger partial charge on any atom is -0.366 e. The summed E-state index contributed by atoms with van der Waals surface area (Å²) in [6, 6.07) is 16.5. The molecule has 2 aromatic rings. The Balaban J connectivity index is 2.59. The van der Waals surface area contributed by atoms with Gasteiger partial charge in [-0.1, -0.05) is 42.5 Å². The topological polar surface area (TPSA) is 61.6 Å². The van der Waals surface area contributed by atoms with Crippen molar-refractivity contribution in [3.63, 3.8) is 0 Å². The highest BCUT2D eigenvalue weighted by molar-refractivity contribution is 5.92. The summed E-state index contributed by atoms with van der Waals surface area (Å²) in [6.07, 6.45) is 0. The lowest BCUT2D eigenvalue weighted by molar-refractivity contribution is -0.183. The molecule has 0 heterocycles. The van der Waals surface area contributed by atoms with Crippen LogP contribution in [0.2, 0.25) is 0 Å². The molecule has 4 nitrogen and oxygen atoms in total. The Morgan fingerprint density at radius 2 is 1.55 bits per heavy atom. The molecular weight excluding hydrogens is 254 g/mol. The van der Waals surface area contributed by atoms with E-state index < -0.39 is 11.7 Å². The zero-order valence-corrected chi connectivity index (χ0v) is 11.5. The highest BCUT2D eigenvalue weighted by atomic mass is 16.7. The van der Waals surface area contributed by atoms with Crippen molar-refractivity contribution in [1.29, 1.82) is 0 Å². The van der Waals surface area contributed by atoms with Gasteiger partial charge in [0.2, 0.25) is 11.7 Å². The number of carbonyl (C=O) groups is 1. The molecule has 0 spiro atoms. The summed E-state index contributed by atoms with van der Waals surface area (Å²) in [5.74, 6) is -1.55. The number of methoxy groups -OCH3 is 2. The lowest BCUT2D eigenvalue weighted by atomic mass is 9.95. The first-order chi connectivity index (χ1) is 9.64. The number of ether oxygens (including phenoxy) is 2. The second-order valence-corrected chi connectivity index (χ2v) is 4.34. The minimum absolute atomic E-state index is 0.414. The van der Waals surface area contributed by atoms with E-state index in [1.165, 1.54) is 0 Å². The number of hydrogen-bond acceptors (Lipinski definition) is 3. The van der Waals surface area contributed by atoms with Crippen LogP contribution >= 0.6 is 0 Å². The molecule has 0 atom stereocenters. The van der Waals surface area contributed by atoms with Gasteiger partial charge in [0.25, 0.3) is 0 Å². The standard InChI is InChI=1S/C16H17NO3/c1-19-16(20-2,13-8-4-3-5-9-13)14-10-6-7-12(11-14)15(17)18/h3-11H,1-2H3,(H2,17,18). The van der Waals surface area contributed by atoms with Crippen molar-refractivity contribution in [2.75, 3.05) is 14.2 Å². The molecule has 2 aromatic carbocycles. The molecule has 1 amide bonds. The Bertz CT molecular complexity index is 592. The lowest BCUT2D eigenvalue weighted by Crippen LogP contribution is -2.32. The van der Waals surface area contributed by atoms with Crippen LogP contribution in [-0.4, -0.2) is 20.1 Å². The summed E-state index contributed by atoms with van der Waals surface area (Å²) in [5.41, 5.74) is 7.29. The fourth-order valence-electron chi connectivity index (χ4n) is 2.26. The third kappa shape index (κ3) is 2.43. The second kappa shape index (κ2) is 5.86. The first-order valence-electron chi connectivity index (χ1n) is 6.20. The van der Waals surface area contributed by atoms with Gasteiger partial charge < -0.3 is 15.2 Å². The minimum atomic E-state index is -1.06. The molecule has 0 aliphatic heterocycles. The zero-order valence-electron chi connectivity index (χ0n) is 11.5. The number of nitrogens with two attached hydrogens (primary N) is 1. The van der Waals surface area contributed by atoms with E-state index in [2.05, 4.69) is 0 Å². The zero-order chi connectivity index (χ0) is 14.6. The molecule has 104 valence electrons. The number of rotatable bonds is 5. The van der Waals surface area contributed by atoms with Crippen LogP contribution in [0.4, 0.5) is 0 Å². The summed E-state index contributed by atoms with van der Waals surface area (Å²) < 4.78 is 11.2. The smallest absolute Gasteiger partial charge is 0.248 e. The molecule has 0 aliphatic carbocycles. The fraction of sp³-hybridized carbons (Fsp3) is 0.188. The van der Waals surface area contributed by atoms with E-state index in [1.54, 1.807) is 32.4 Å². The van der Waals surface area contributed by atoms with Gasteiger partial charge in [-0.15, -0.1) is 0 Å². The third-order valence-electron chi connectivity index (χ3n) is 3.26. The molecule has 2 rings (SSSR count). The van der Waals surface area contributed by atoms with Gasteiger partial charge in [0.05, 0.1) is 0 Å². The Hall–Kier alpha value is -2.17. The summed E-state index contributed by atoms with van der Waals surface area (Å²) in [4.78, 5) is 11.3. The van der Waals surface area contributed by atoms with Gasteiger partial charge in [0.1, 0.15) is 0 Å². The van der Waals surface area contributed by atoms with Gasteiger partial charge in [-0.25, -0.2) is 0 Å². The number of hydrogen-bond donors (Lipinski definition) is 1. The molecule has 0 radical (unpaired) electrons. The van der Waals surface area contributed by atoms with Crippen LogP contribution in [0.25, 0.3) is 0 Å². The van der Waals surface area contributed by atoms with Crippen molar-refractivity contribution < 1.29 is 14.3 Å². The molecule has 0 aromatic heterocycles. The number of amides is 1. The molecule has 0 saturated carbocycles. The largest absolute Gasteiger partial charge is 0.366 e. The molecule has 0 bridgehead atoms. The van der Waals surface area contributed by atoms with Gasteiger partial charge in [0, 0.05) is 30.9 Å². The number of primary amides is 1. The van der Waals surface area contributed by atoms with E-state index in [-0.39, 0.29) is 0 Å². The van der Waals surface area contributed by atoms with Crippen molar-refractivity contribution in [3.05, 3.63) is 71.3 Å². The summed E-state index contributed by atoms with van der Waals surface area (Å²) >= 11 is 0. The predicted octanol–water partition coefficient (Wildman–Crippen LogP) is 2.28. The predicted molar refractivity (Wildman–Crippen MR) is 76.2 cm³/mol. The van der Waals surface area contributed by atoms with Gasteiger partial charge >= 0.3 is 0 Å². The Morgan fingerprint density at radius 3 is 2.10 bits per heavy atom. The summed E-state index contributed by atoms with van der Waals surface area (Å²) in [5, 5.41) is 0. The van der Waals surface area contributed by atoms with E-state index in [4.69, 9.17) is 15.2 Å². The molecule has 0 unspecified atom stereocenters. The van der Waals surface area contributed by atoms with Gasteiger partial charge in [-0.3, -0.25) is 4.79 Å². The van der Waals surface area contributed by atoms with Crippen molar-refractivity contribution in [1.82, 2.24) is 0 Å². The molecule has 0 aliphatic rings. The third-order valence-corrected chi connectivity index (χ3v) is 3.26. The van der Waals surface area contributed by atoms with Crippen molar-refractivity contribution in [3.8, 4) is 0 Å². The van der Waals surface area contributed by atoms with Crippen LogP contribution in [0.5, 0.6) is 0 Å². The molecule has 20 heavy (non-hydrogen) atoms. The highest BCUT2D eigenvalue weighted by Gasteiger charge is 2.34. The van der Waals surface area contributed by atoms with Crippen molar-refractivity contribution in [2.45, 2.75) is 5.79 Å². The molecular formula is C16H17NO3. The Labute approximate surface area is 118 Å².